The Morgan fingerprint density at radius 2 is 2.07 bits per heavy atom. The van der Waals surface area contributed by atoms with Crippen molar-refractivity contribution in [3.8, 4) is 0 Å². The van der Waals surface area contributed by atoms with Gasteiger partial charge in [0.25, 0.3) is 0 Å². The summed E-state index contributed by atoms with van der Waals surface area (Å²) in [5, 5.41) is 13.5. The minimum Gasteiger partial charge on any atom is -0.389 e. The molecule has 2 nitrogen and oxygen atoms in total. The average Bonchev–Trinajstić information content (AvgIpc) is 2.09. The van der Waals surface area contributed by atoms with Crippen LogP contribution in [-0.2, 0) is 6.54 Å². The van der Waals surface area contributed by atoms with Crippen LogP contribution in [0.15, 0.2) is 18.2 Å². The summed E-state index contributed by atoms with van der Waals surface area (Å²) >= 11 is 5.93. The topological polar surface area (TPSA) is 32.3 Å². The SMILES string of the molecule is Cc1cc(CNCC(C)(C)O)ccc1Cl. The van der Waals surface area contributed by atoms with Crippen molar-refractivity contribution in [2.75, 3.05) is 6.54 Å². The highest BCUT2D eigenvalue weighted by atomic mass is 35.5. The maximum atomic E-state index is 9.51. The number of rotatable bonds is 4. The summed E-state index contributed by atoms with van der Waals surface area (Å²) in [5.74, 6) is 0. The summed E-state index contributed by atoms with van der Waals surface area (Å²) in [5.41, 5.74) is 1.60. The Hall–Kier alpha value is -0.570. The van der Waals surface area contributed by atoms with E-state index in [9.17, 15) is 5.11 Å². The predicted molar refractivity (Wildman–Crippen MR) is 64.2 cm³/mol. The smallest absolute Gasteiger partial charge is 0.0715 e. The molecule has 3 heteroatoms. The fraction of sp³-hybridized carbons (Fsp3) is 0.500. The third-order valence-corrected chi connectivity index (χ3v) is 2.53. The average molecular weight is 228 g/mol. The maximum Gasteiger partial charge on any atom is 0.0715 e. The van der Waals surface area contributed by atoms with Crippen LogP contribution >= 0.6 is 11.6 Å². The largest absolute Gasteiger partial charge is 0.389 e. The molecule has 84 valence electrons. The van der Waals surface area contributed by atoms with Crippen molar-refractivity contribution in [2.24, 2.45) is 0 Å². The van der Waals surface area contributed by atoms with Gasteiger partial charge in [0, 0.05) is 18.1 Å². The molecule has 0 fully saturated rings. The molecule has 2 N–H and O–H groups in total. The molecule has 0 atom stereocenters. The van der Waals surface area contributed by atoms with Crippen molar-refractivity contribution < 1.29 is 5.11 Å². The molecular weight excluding hydrogens is 210 g/mol. The lowest BCUT2D eigenvalue weighted by Crippen LogP contribution is -2.34. The molecule has 1 aromatic carbocycles. The van der Waals surface area contributed by atoms with Crippen LogP contribution in [0.25, 0.3) is 0 Å². The minimum absolute atomic E-state index is 0.578. The summed E-state index contributed by atoms with van der Waals surface area (Å²) < 4.78 is 0. The highest BCUT2D eigenvalue weighted by molar-refractivity contribution is 6.31. The molecule has 0 radical (unpaired) electrons. The van der Waals surface area contributed by atoms with Gasteiger partial charge in [-0.3, -0.25) is 0 Å². The third kappa shape index (κ3) is 4.65. The molecule has 0 amide bonds. The first-order valence-corrected chi connectivity index (χ1v) is 5.44. The maximum absolute atomic E-state index is 9.51. The quantitative estimate of drug-likeness (QED) is 0.829. The van der Waals surface area contributed by atoms with E-state index in [1.54, 1.807) is 13.8 Å². The molecule has 0 bridgehead atoms. The number of nitrogens with one attached hydrogen (secondary N) is 1. The van der Waals surface area contributed by atoms with E-state index in [4.69, 9.17) is 11.6 Å². The van der Waals surface area contributed by atoms with Gasteiger partial charge in [0.15, 0.2) is 0 Å². The number of halogens is 1. The normalized spacial score (nSPS) is 11.8. The van der Waals surface area contributed by atoms with Crippen LogP contribution in [0.1, 0.15) is 25.0 Å². The van der Waals surface area contributed by atoms with Gasteiger partial charge in [0.1, 0.15) is 0 Å². The van der Waals surface area contributed by atoms with Gasteiger partial charge < -0.3 is 10.4 Å². The molecule has 0 aromatic heterocycles. The van der Waals surface area contributed by atoms with Gasteiger partial charge in [0.05, 0.1) is 5.60 Å². The van der Waals surface area contributed by atoms with Gasteiger partial charge >= 0.3 is 0 Å². The Bertz CT molecular complexity index is 331. The van der Waals surface area contributed by atoms with Crippen LogP contribution in [0.4, 0.5) is 0 Å². The lowest BCUT2D eigenvalue weighted by Gasteiger charge is -2.17. The van der Waals surface area contributed by atoms with Gasteiger partial charge in [-0.05, 0) is 38.0 Å². The molecule has 0 spiro atoms. The zero-order chi connectivity index (χ0) is 11.5. The lowest BCUT2D eigenvalue weighted by atomic mass is 10.1. The Labute approximate surface area is 96.3 Å². The first-order valence-electron chi connectivity index (χ1n) is 5.06. The molecule has 0 aliphatic rings. The van der Waals surface area contributed by atoms with Gasteiger partial charge in [-0.15, -0.1) is 0 Å². The Balaban J connectivity index is 2.48. The molecule has 1 rings (SSSR count). The van der Waals surface area contributed by atoms with Crippen LogP contribution in [0.3, 0.4) is 0 Å². The summed E-state index contributed by atoms with van der Waals surface area (Å²) in [6.45, 7) is 6.89. The molecule has 15 heavy (non-hydrogen) atoms. The molecule has 0 aliphatic heterocycles. The van der Waals surface area contributed by atoms with E-state index >= 15 is 0 Å². The van der Waals surface area contributed by atoms with Crippen LogP contribution in [0.5, 0.6) is 0 Å². The monoisotopic (exact) mass is 227 g/mol. The summed E-state index contributed by atoms with van der Waals surface area (Å²) in [6, 6.07) is 5.95. The molecule has 1 aromatic rings. The highest BCUT2D eigenvalue weighted by Crippen LogP contribution is 2.16. The Kier molecular flexibility index (Phi) is 4.14. The van der Waals surface area contributed by atoms with E-state index in [1.807, 2.05) is 19.1 Å². The van der Waals surface area contributed by atoms with Crippen molar-refractivity contribution in [3.05, 3.63) is 34.3 Å². The van der Waals surface area contributed by atoms with Crippen molar-refractivity contribution in [2.45, 2.75) is 32.9 Å². The number of benzene rings is 1. The van der Waals surface area contributed by atoms with E-state index in [2.05, 4.69) is 11.4 Å². The number of hydrogen-bond donors (Lipinski definition) is 2. The molecule has 0 aliphatic carbocycles. The second kappa shape index (κ2) is 4.97. The van der Waals surface area contributed by atoms with Crippen LogP contribution in [0.2, 0.25) is 5.02 Å². The van der Waals surface area contributed by atoms with Gasteiger partial charge in [-0.25, -0.2) is 0 Å². The Morgan fingerprint density at radius 3 is 2.60 bits per heavy atom. The van der Waals surface area contributed by atoms with Gasteiger partial charge in [-0.2, -0.15) is 0 Å². The van der Waals surface area contributed by atoms with E-state index in [0.717, 1.165) is 17.1 Å². The third-order valence-electron chi connectivity index (χ3n) is 2.11. The summed E-state index contributed by atoms with van der Waals surface area (Å²) in [7, 11) is 0. The van der Waals surface area contributed by atoms with Gasteiger partial charge in [0.2, 0.25) is 0 Å². The summed E-state index contributed by atoms with van der Waals surface area (Å²) in [4.78, 5) is 0. The van der Waals surface area contributed by atoms with E-state index in [1.165, 1.54) is 5.56 Å². The van der Waals surface area contributed by atoms with E-state index in [0.29, 0.717) is 6.54 Å². The Morgan fingerprint density at radius 1 is 1.40 bits per heavy atom. The van der Waals surface area contributed by atoms with Crippen LogP contribution < -0.4 is 5.32 Å². The van der Waals surface area contributed by atoms with Crippen molar-refractivity contribution in [3.63, 3.8) is 0 Å². The second-order valence-corrected chi connectivity index (χ2v) is 4.91. The molecule has 0 heterocycles. The first-order chi connectivity index (χ1) is 6.88. The number of aliphatic hydroxyl groups is 1. The highest BCUT2D eigenvalue weighted by Gasteiger charge is 2.10. The summed E-state index contributed by atoms with van der Waals surface area (Å²) in [6.07, 6.45) is 0. The molecule has 0 saturated heterocycles. The molecule has 0 unspecified atom stereocenters. The number of aryl methyl sites for hydroxylation is 1. The van der Waals surface area contributed by atoms with Gasteiger partial charge in [-0.1, -0.05) is 23.7 Å². The molecule has 0 saturated carbocycles. The van der Waals surface area contributed by atoms with Crippen molar-refractivity contribution in [1.29, 1.82) is 0 Å². The second-order valence-electron chi connectivity index (χ2n) is 4.50. The van der Waals surface area contributed by atoms with E-state index in [-0.39, 0.29) is 0 Å². The molecular formula is C12H18ClNO. The standard InChI is InChI=1S/C12H18ClNO/c1-9-6-10(4-5-11(9)13)7-14-8-12(2,3)15/h4-6,14-15H,7-8H2,1-3H3. The zero-order valence-electron chi connectivity index (χ0n) is 9.47. The fourth-order valence-corrected chi connectivity index (χ4v) is 1.45. The first kappa shape index (κ1) is 12.5. The lowest BCUT2D eigenvalue weighted by molar-refractivity contribution is 0.0795. The minimum atomic E-state index is -0.665. The van der Waals surface area contributed by atoms with Crippen LogP contribution in [0, 0.1) is 6.92 Å². The predicted octanol–water partition coefficient (Wildman–Crippen LogP) is 2.51. The van der Waals surface area contributed by atoms with Crippen molar-refractivity contribution in [1.82, 2.24) is 5.32 Å². The van der Waals surface area contributed by atoms with Crippen molar-refractivity contribution >= 4 is 11.6 Å². The van der Waals surface area contributed by atoms with E-state index < -0.39 is 5.60 Å². The fourth-order valence-electron chi connectivity index (χ4n) is 1.33. The zero-order valence-corrected chi connectivity index (χ0v) is 10.2. The van der Waals surface area contributed by atoms with Crippen LogP contribution in [-0.4, -0.2) is 17.3 Å². The number of hydrogen-bond acceptors (Lipinski definition) is 2.